The summed E-state index contributed by atoms with van der Waals surface area (Å²) < 4.78 is 10.4. The van der Waals surface area contributed by atoms with E-state index in [0.29, 0.717) is 6.42 Å². The molecule has 2 atom stereocenters. The Labute approximate surface area is 186 Å². The zero-order valence-electron chi connectivity index (χ0n) is 17.8. The third kappa shape index (κ3) is 4.45. The van der Waals surface area contributed by atoms with Gasteiger partial charge in [-0.3, -0.25) is 4.79 Å². The van der Waals surface area contributed by atoms with Gasteiger partial charge in [-0.15, -0.1) is 0 Å². The summed E-state index contributed by atoms with van der Waals surface area (Å²) >= 11 is 0. The number of nitrogens with zero attached hydrogens (tertiary/aromatic N) is 2. The lowest BCUT2D eigenvalue weighted by molar-refractivity contribution is -0.158. The molecule has 0 spiro atoms. The number of hydrogen-bond acceptors (Lipinski definition) is 6. The molecule has 2 heterocycles. The number of benzene rings is 2. The first-order valence-corrected chi connectivity index (χ1v) is 10.6. The monoisotopic (exact) mass is 438 g/mol. The van der Waals surface area contributed by atoms with E-state index in [1.54, 1.807) is 6.92 Å². The van der Waals surface area contributed by atoms with Gasteiger partial charge in [-0.25, -0.2) is 14.5 Å². The fraction of sp³-hybridized carbons (Fsp3) is 0.375. The van der Waals surface area contributed by atoms with Crippen LogP contribution in [0.1, 0.15) is 18.1 Å². The van der Waals surface area contributed by atoms with Crippen LogP contribution in [0.5, 0.6) is 0 Å². The molecule has 0 aliphatic carbocycles. The lowest BCUT2D eigenvalue weighted by atomic mass is 9.81. The number of imide groups is 1. The number of rotatable bonds is 6. The lowest BCUT2D eigenvalue weighted by Gasteiger charge is -2.48. The van der Waals surface area contributed by atoms with Crippen molar-refractivity contribution in [1.29, 1.82) is 0 Å². The smallest absolute Gasteiger partial charge is 0.416 e. The van der Waals surface area contributed by atoms with E-state index in [1.807, 2.05) is 60.7 Å². The third-order valence-electron chi connectivity index (χ3n) is 6.08. The topological polar surface area (TPSA) is 96.4 Å². The van der Waals surface area contributed by atoms with Crippen LogP contribution in [-0.2, 0) is 27.3 Å². The van der Waals surface area contributed by atoms with Gasteiger partial charge in [-0.1, -0.05) is 67.6 Å². The van der Waals surface area contributed by atoms with E-state index < -0.39 is 35.7 Å². The largest absolute Gasteiger partial charge is 0.447 e. The molecular weight excluding hydrogens is 412 g/mol. The Hall–Kier alpha value is -3.39. The molecule has 2 aliphatic heterocycles. The fourth-order valence-electron chi connectivity index (χ4n) is 4.03. The Bertz CT molecular complexity index is 974. The quantitative estimate of drug-likeness (QED) is 0.745. The predicted octanol–water partition coefficient (Wildman–Crippen LogP) is 2.60. The second-order valence-electron chi connectivity index (χ2n) is 8.35. The van der Waals surface area contributed by atoms with Crippen molar-refractivity contribution < 1.29 is 29.0 Å². The summed E-state index contributed by atoms with van der Waals surface area (Å²) in [5.41, 5.74) is 0.413. The number of hydrogen-bond donors (Lipinski definition) is 1. The lowest BCUT2D eigenvalue weighted by Crippen LogP contribution is -2.68. The van der Waals surface area contributed by atoms with Crippen LogP contribution >= 0.6 is 0 Å². The third-order valence-corrected chi connectivity index (χ3v) is 6.08. The van der Waals surface area contributed by atoms with Crippen LogP contribution in [0.4, 0.5) is 9.59 Å². The molecule has 8 heteroatoms. The van der Waals surface area contributed by atoms with Gasteiger partial charge in [0, 0.05) is 0 Å². The van der Waals surface area contributed by atoms with Crippen LogP contribution in [0.15, 0.2) is 60.7 Å². The molecule has 0 aromatic heterocycles. The summed E-state index contributed by atoms with van der Waals surface area (Å²) in [6, 6.07) is 18.4. The molecule has 0 saturated carbocycles. The Morgan fingerprint density at radius 2 is 1.69 bits per heavy atom. The normalized spacial score (nSPS) is 20.3. The Morgan fingerprint density at radius 3 is 2.31 bits per heavy atom. The van der Waals surface area contributed by atoms with Gasteiger partial charge >= 0.3 is 12.2 Å². The molecule has 2 fully saturated rings. The first kappa shape index (κ1) is 21.8. The highest BCUT2D eigenvalue weighted by Gasteiger charge is 2.53. The van der Waals surface area contributed by atoms with Crippen molar-refractivity contribution in [2.75, 3.05) is 19.7 Å². The number of carbonyl (C=O) groups excluding carboxylic acids is 3. The zero-order chi connectivity index (χ0) is 22.7. The van der Waals surface area contributed by atoms with Crippen LogP contribution in [-0.4, -0.2) is 64.3 Å². The Balaban J connectivity index is 1.34. The number of carbonyl (C=O) groups is 3. The average molecular weight is 438 g/mol. The van der Waals surface area contributed by atoms with Gasteiger partial charge in [0.25, 0.3) is 0 Å². The van der Waals surface area contributed by atoms with Gasteiger partial charge in [0.1, 0.15) is 18.8 Å². The maximum atomic E-state index is 13.1. The maximum Gasteiger partial charge on any atom is 0.416 e. The van der Waals surface area contributed by atoms with Crippen LogP contribution < -0.4 is 0 Å². The van der Waals surface area contributed by atoms with Crippen LogP contribution in [0.3, 0.4) is 0 Å². The van der Waals surface area contributed by atoms with Crippen LogP contribution in [0, 0.1) is 5.92 Å². The Morgan fingerprint density at radius 1 is 1.09 bits per heavy atom. The van der Waals surface area contributed by atoms with Crippen LogP contribution in [0.2, 0.25) is 0 Å². The molecule has 1 N–H and O–H groups in total. The fourth-order valence-corrected chi connectivity index (χ4v) is 4.03. The van der Waals surface area contributed by atoms with E-state index in [1.165, 1.54) is 4.90 Å². The maximum absolute atomic E-state index is 13.1. The Kier molecular flexibility index (Phi) is 6.14. The molecule has 2 saturated heterocycles. The molecule has 2 aliphatic rings. The average Bonchev–Trinajstić information content (AvgIpc) is 3.15. The van der Waals surface area contributed by atoms with Crippen molar-refractivity contribution in [3.63, 3.8) is 0 Å². The highest BCUT2D eigenvalue weighted by atomic mass is 16.6. The molecule has 32 heavy (non-hydrogen) atoms. The van der Waals surface area contributed by atoms with Gasteiger partial charge < -0.3 is 19.5 Å². The van der Waals surface area contributed by atoms with E-state index in [4.69, 9.17) is 9.47 Å². The molecule has 1 unspecified atom stereocenters. The van der Waals surface area contributed by atoms with Gasteiger partial charge in [-0.05, 0) is 17.5 Å². The highest BCUT2D eigenvalue weighted by molar-refractivity contribution is 5.95. The van der Waals surface area contributed by atoms with Crippen molar-refractivity contribution in [1.82, 2.24) is 9.80 Å². The van der Waals surface area contributed by atoms with Crippen molar-refractivity contribution in [2.45, 2.75) is 31.6 Å². The summed E-state index contributed by atoms with van der Waals surface area (Å²) in [5, 5.41) is 10.9. The van der Waals surface area contributed by atoms with Crippen molar-refractivity contribution >= 4 is 18.1 Å². The van der Waals surface area contributed by atoms with Gasteiger partial charge in [0.2, 0.25) is 5.91 Å². The molecule has 2 aromatic rings. The van der Waals surface area contributed by atoms with Gasteiger partial charge in [-0.2, -0.15) is 0 Å². The molecule has 2 aromatic carbocycles. The summed E-state index contributed by atoms with van der Waals surface area (Å²) in [6.45, 7) is 1.73. The van der Waals surface area contributed by atoms with E-state index in [2.05, 4.69) is 0 Å². The number of cyclic esters (lactones) is 1. The van der Waals surface area contributed by atoms with Gasteiger partial charge in [0.05, 0.1) is 25.0 Å². The minimum Gasteiger partial charge on any atom is -0.447 e. The number of likely N-dealkylation sites (tertiary alicyclic amines) is 1. The van der Waals surface area contributed by atoms with Crippen molar-refractivity contribution in [3.05, 3.63) is 71.8 Å². The first-order chi connectivity index (χ1) is 15.4. The van der Waals surface area contributed by atoms with Gasteiger partial charge in [0.15, 0.2) is 0 Å². The molecular formula is C24H26N2O6. The molecule has 168 valence electrons. The van der Waals surface area contributed by atoms with E-state index in [-0.39, 0.29) is 26.3 Å². The summed E-state index contributed by atoms with van der Waals surface area (Å²) in [4.78, 5) is 40.1. The van der Waals surface area contributed by atoms with E-state index in [9.17, 15) is 19.5 Å². The summed E-state index contributed by atoms with van der Waals surface area (Å²) in [5.74, 6) is -1.39. The number of aliphatic hydroxyl groups is 1. The van der Waals surface area contributed by atoms with E-state index in [0.717, 1.165) is 16.0 Å². The first-order valence-electron chi connectivity index (χ1n) is 10.6. The molecule has 0 bridgehead atoms. The number of ether oxygens (including phenoxy) is 2. The second-order valence-corrected chi connectivity index (χ2v) is 8.35. The van der Waals surface area contributed by atoms with E-state index >= 15 is 0 Å². The van der Waals surface area contributed by atoms with Crippen molar-refractivity contribution in [3.8, 4) is 0 Å². The second kappa shape index (κ2) is 9.00. The summed E-state index contributed by atoms with van der Waals surface area (Å²) in [6.07, 6.45) is -0.785. The molecule has 0 radical (unpaired) electrons. The predicted molar refractivity (Wildman–Crippen MR) is 114 cm³/mol. The summed E-state index contributed by atoms with van der Waals surface area (Å²) in [7, 11) is 0. The highest BCUT2D eigenvalue weighted by Crippen LogP contribution is 2.32. The number of amides is 3. The molecule has 3 amide bonds. The van der Waals surface area contributed by atoms with Crippen molar-refractivity contribution in [2.24, 2.45) is 5.92 Å². The van der Waals surface area contributed by atoms with Crippen LogP contribution in [0.25, 0.3) is 0 Å². The molecule has 4 rings (SSSR count). The standard InChI is InChI=1S/C24H26N2O6/c1-17(21(27)26-20(14-32-23(26)29)12-18-8-4-2-5-9-18)24(30)15-25(16-24)22(28)31-13-19-10-6-3-7-11-19/h2-11,17,20,30H,12-16H2,1H3/t17?,20-/m1/s1. The molecule has 8 nitrogen and oxygen atoms in total. The number of β-amino-alcohol motifs (C(OH)–C–C–N with tert-alkyl or cyclic N) is 1. The minimum atomic E-state index is -1.43. The zero-order valence-corrected chi connectivity index (χ0v) is 17.8. The SMILES string of the molecule is CC(C(=O)N1C(=O)OC[C@H]1Cc1ccccc1)C1(O)CN(C(=O)OCc2ccccc2)C1. The minimum absolute atomic E-state index is 0.0419.